The van der Waals surface area contributed by atoms with Crippen molar-refractivity contribution in [1.82, 2.24) is 15.2 Å². The molecule has 0 atom stereocenters. The average Bonchev–Trinajstić information content (AvgIpc) is 2.86. The van der Waals surface area contributed by atoms with Gasteiger partial charge in [-0.25, -0.2) is 0 Å². The van der Waals surface area contributed by atoms with E-state index in [0.717, 1.165) is 73.2 Å². The highest BCUT2D eigenvalue weighted by Crippen LogP contribution is 2.27. The Morgan fingerprint density at radius 3 is 2.70 bits per heavy atom. The number of hydrogen-bond acceptors (Lipinski definition) is 7. The first-order valence-corrected chi connectivity index (χ1v) is 11.3. The van der Waals surface area contributed by atoms with Crippen LogP contribution in [0.1, 0.15) is 29.5 Å². The summed E-state index contributed by atoms with van der Waals surface area (Å²) in [6.45, 7) is 3.69. The number of piperidine rings is 1. The van der Waals surface area contributed by atoms with Gasteiger partial charge in [0.05, 0.1) is 25.3 Å². The number of nitrogens with zero attached hydrogens (tertiary/aromatic N) is 3. The Kier molecular flexibility index (Phi) is 7.28. The number of rotatable bonds is 8. The number of likely N-dealkylation sites (tertiary alicyclic amines) is 1. The molecular formula is C26H30N4O3. The number of phenolic OH excluding ortho intramolecular Hbond substituents is 1. The summed E-state index contributed by atoms with van der Waals surface area (Å²) in [6.07, 6.45) is 4.63. The molecule has 2 heterocycles. The van der Waals surface area contributed by atoms with Gasteiger partial charge in [0.2, 0.25) is 0 Å². The fraction of sp³-hybridized carbons (Fsp3) is 0.385. The van der Waals surface area contributed by atoms with Crippen LogP contribution in [0.3, 0.4) is 0 Å². The van der Waals surface area contributed by atoms with Crippen LogP contribution in [0, 0.1) is 11.3 Å². The van der Waals surface area contributed by atoms with Crippen molar-refractivity contribution in [3.05, 3.63) is 59.3 Å². The van der Waals surface area contributed by atoms with E-state index in [4.69, 9.17) is 9.47 Å². The molecule has 0 bridgehead atoms. The Morgan fingerprint density at radius 1 is 1.15 bits per heavy atom. The maximum absolute atomic E-state index is 9.75. The van der Waals surface area contributed by atoms with Crippen molar-refractivity contribution >= 4 is 10.9 Å². The first-order valence-electron chi connectivity index (χ1n) is 11.3. The van der Waals surface area contributed by atoms with Crippen LogP contribution in [0.25, 0.3) is 10.9 Å². The third-order valence-electron chi connectivity index (χ3n) is 6.41. The van der Waals surface area contributed by atoms with Crippen LogP contribution in [-0.4, -0.2) is 54.9 Å². The summed E-state index contributed by atoms with van der Waals surface area (Å²) in [4.78, 5) is 6.90. The highest BCUT2D eigenvalue weighted by atomic mass is 16.5. The lowest BCUT2D eigenvalue weighted by Gasteiger charge is -2.32. The van der Waals surface area contributed by atoms with E-state index < -0.39 is 0 Å². The maximum Gasteiger partial charge on any atom is 0.160 e. The van der Waals surface area contributed by atoms with Gasteiger partial charge in [0.25, 0.3) is 0 Å². The molecular weight excluding hydrogens is 416 g/mol. The number of benzene rings is 2. The van der Waals surface area contributed by atoms with Gasteiger partial charge in [-0.3, -0.25) is 4.98 Å². The van der Waals surface area contributed by atoms with Crippen LogP contribution in [0.4, 0.5) is 0 Å². The van der Waals surface area contributed by atoms with Crippen LogP contribution < -0.4 is 14.8 Å². The first kappa shape index (κ1) is 22.8. The number of pyridine rings is 1. The summed E-state index contributed by atoms with van der Waals surface area (Å²) >= 11 is 0. The average molecular weight is 447 g/mol. The highest BCUT2D eigenvalue weighted by molar-refractivity contribution is 5.85. The van der Waals surface area contributed by atoms with Gasteiger partial charge >= 0.3 is 0 Å². The number of nitriles is 1. The Balaban J connectivity index is 1.33. The number of phenols is 1. The Hall–Kier alpha value is -3.34. The smallest absolute Gasteiger partial charge is 0.160 e. The molecule has 33 heavy (non-hydrogen) atoms. The number of fused-ring (bicyclic) bond motifs is 1. The molecule has 1 aromatic heterocycles. The molecule has 1 saturated heterocycles. The zero-order valence-corrected chi connectivity index (χ0v) is 19.2. The van der Waals surface area contributed by atoms with E-state index in [1.807, 2.05) is 30.3 Å². The van der Waals surface area contributed by atoms with Crippen LogP contribution in [-0.2, 0) is 13.0 Å². The Bertz CT molecular complexity index is 1150. The largest absolute Gasteiger partial charge is 0.504 e. The van der Waals surface area contributed by atoms with Gasteiger partial charge in [-0.15, -0.1) is 0 Å². The second kappa shape index (κ2) is 10.5. The maximum atomic E-state index is 9.75. The summed E-state index contributed by atoms with van der Waals surface area (Å²) in [5, 5.41) is 24.0. The zero-order valence-electron chi connectivity index (χ0n) is 19.2. The van der Waals surface area contributed by atoms with Gasteiger partial charge < -0.3 is 24.8 Å². The Labute approximate surface area is 194 Å². The molecule has 0 amide bonds. The summed E-state index contributed by atoms with van der Waals surface area (Å²) in [6, 6.07) is 14.1. The second-order valence-electron chi connectivity index (χ2n) is 8.40. The molecule has 7 heteroatoms. The molecule has 2 aromatic carbocycles. The molecule has 7 nitrogen and oxygen atoms in total. The molecule has 0 saturated carbocycles. The minimum absolute atomic E-state index is 0.162. The van der Waals surface area contributed by atoms with E-state index in [2.05, 4.69) is 21.3 Å². The monoisotopic (exact) mass is 446 g/mol. The van der Waals surface area contributed by atoms with Crippen molar-refractivity contribution < 1.29 is 14.6 Å². The van der Waals surface area contributed by atoms with E-state index in [-0.39, 0.29) is 5.75 Å². The fourth-order valence-corrected chi connectivity index (χ4v) is 4.44. The zero-order chi connectivity index (χ0) is 23.2. The normalized spacial score (nSPS) is 14.8. The van der Waals surface area contributed by atoms with Crippen molar-refractivity contribution in [2.75, 3.05) is 33.9 Å². The van der Waals surface area contributed by atoms with E-state index in [1.54, 1.807) is 26.5 Å². The van der Waals surface area contributed by atoms with Crippen molar-refractivity contribution in [3.63, 3.8) is 0 Å². The molecule has 1 fully saturated rings. The second-order valence-corrected chi connectivity index (χ2v) is 8.40. The molecule has 0 radical (unpaired) electrons. The quantitative estimate of drug-likeness (QED) is 0.546. The van der Waals surface area contributed by atoms with Gasteiger partial charge in [0.1, 0.15) is 11.8 Å². The fourth-order valence-electron chi connectivity index (χ4n) is 4.44. The third kappa shape index (κ3) is 5.36. The van der Waals surface area contributed by atoms with Gasteiger partial charge in [0, 0.05) is 30.7 Å². The highest BCUT2D eigenvalue weighted by Gasteiger charge is 2.20. The van der Waals surface area contributed by atoms with Gasteiger partial charge in [0.15, 0.2) is 11.5 Å². The van der Waals surface area contributed by atoms with Gasteiger partial charge in [-0.1, -0.05) is 6.07 Å². The molecule has 0 aliphatic carbocycles. The molecule has 3 aromatic rings. The summed E-state index contributed by atoms with van der Waals surface area (Å²) in [7, 11) is 3.21. The number of ether oxygens (including phenoxy) is 2. The van der Waals surface area contributed by atoms with E-state index in [0.29, 0.717) is 17.4 Å². The van der Waals surface area contributed by atoms with Crippen molar-refractivity contribution in [1.29, 1.82) is 5.26 Å². The van der Waals surface area contributed by atoms with Crippen molar-refractivity contribution in [2.45, 2.75) is 31.8 Å². The van der Waals surface area contributed by atoms with Gasteiger partial charge in [-0.05, 0) is 73.8 Å². The number of aromatic hydroxyl groups is 1. The number of hydrogen-bond donors (Lipinski definition) is 2. The molecule has 0 spiro atoms. The van der Waals surface area contributed by atoms with E-state index in [1.165, 1.54) is 0 Å². The minimum Gasteiger partial charge on any atom is -0.504 e. The molecule has 172 valence electrons. The Morgan fingerprint density at radius 2 is 1.97 bits per heavy atom. The van der Waals surface area contributed by atoms with Crippen molar-refractivity contribution in [3.8, 4) is 23.3 Å². The molecule has 2 N–H and O–H groups in total. The lowest BCUT2D eigenvalue weighted by atomic mass is 9.99. The summed E-state index contributed by atoms with van der Waals surface area (Å²) in [5.74, 6) is 1.44. The van der Waals surface area contributed by atoms with Crippen LogP contribution in [0.5, 0.6) is 17.2 Å². The molecule has 0 unspecified atom stereocenters. The van der Waals surface area contributed by atoms with Gasteiger partial charge in [-0.2, -0.15) is 5.26 Å². The minimum atomic E-state index is 0.162. The SMILES string of the molecule is COc1ccc2ncc(C#N)c(CCN3CCC(NCc4ccc(O)c(OC)c4)CC3)c2c1. The predicted molar refractivity (Wildman–Crippen MR) is 128 cm³/mol. The molecule has 1 aliphatic heterocycles. The summed E-state index contributed by atoms with van der Waals surface area (Å²) < 4.78 is 10.6. The number of aromatic nitrogens is 1. The third-order valence-corrected chi connectivity index (χ3v) is 6.41. The lowest BCUT2D eigenvalue weighted by Crippen LogP contribution is -2.42. The number of methoxy groups -OCH3 is 2. The predicted octanol–water partition coefficient (Wildman–Crippen LogP) is 3.63. The number of nitrogens with one attached hydrogen (secondary N) is 1. The van der Waals surface area contributed by atoms with Crippen LogP contribution in [0.2, 0.25) is 0 Å². The molecule has 1 aliphatic rings. The topological polar surface area (TPSA) is 90.6 Å². The lowest BCUT2D eigenvalue weighted by molar-refractivity contribution is 0.199. The van der Waals surface area contributed by atoms with E-state index >= 15 is 0 Å². The summed E-state index contributed by atoms with van der Waals surface area (Å²) in [5.41, 5.74) is 3.66. The van der Waals surface area contributed by atoms with Crippen LogP contribution >= 0.6 is 0 Å². The van der Waals surface area contributed by atoms with E-state index in [9.17, 15) is 10.4 Å². The van der Waals surface area contributed by atoms with Crippen LogP contribution in [0.15, 0.2) is 42.6 Å². The standard InChI is InChI=1S/C26H30N4O3/c1-32-21-4-5-24-23(14-21)22(19(15-27)17-29-24)9-12-30-10-7-20(8-11-30)28-16-18-3-6-25(31)26(13-18)33-2/h3-6,13-14,17,20,28,31H,7-12,16H2,1-2H3. The van der Waals surface area contributed by atoms with Crippen molar-refractivity contribution in [2.24, 2.45) is 0 Å². The molecule has 4 rings (SSSR count). The first-order chi connectivity index (χ1) is 16.1.